The lowest BCUT2D eigenvalue weighted by Crippen LogP contribution is -2.37. The van der Waals surface area contributed by atoms with Crippen LogP contribution in [-0.2, 0) is 19.4 Å². The zero-order valence-electron chi connectivity index (χ0n) is 20.3. The first kappa shape index (κ1) is 26.0. The van der Waals surface area contributed by atoms with Gasteiger partial charge >= 0.3 is 6.09 Å². The molecule has 2 aliphatic rings. The highest BCUT2D eigenvalue weighted by molar-refractivity contribution is 8.16. The molecule has 2 heterocycles. The number of nitrogens with one attached hydrogen (secondary N) is 1. The SMILES string of the molecule is CC(C)(C)OC(=O)NCCC(=O)N=C1S[C@H]2CS(=O)(=O)C[C@H]2N1c1ccc(Oc2ccccc2)cc1. The zero-order chi connectivity index (χ0) is 25.9. The molecule has 0 spiro atoms. The average Bonchev–Trinajstić information content (AvgIpc) is 3.24. The maximum atomic E-state index is 12.6. The van der Waals surface area contributed by atoms with Crippen LogP contribution >= 0.6 is 11.8 Å². The molecule has 0 aromatic heterocycles. The predicted molar refractivity (Wildman–Crippen MR) is 141 cm³/mol. The summed E-state index contributed by atoms with van der Waals surface area (Å²) in [5.74, 6) is 0.972. The lowest BCUT2D eigenvalue weighted by molar-refractivity contribution is -0.117. The minimum absolute atomic E-state index is 0.000341. The standard InChI is InChI=1S/C25H29N3O6S2/c1-25(2,3)34-24(30)26-14-13-22(29)27-23-28(20-15-36(31,32)16-21(20)35-23)17-9-11-19(12-10-17)33-18-7-5-4-6-8-18/h4-12,20-21H,13-16H2,1-3H3,(H,26,30)/t20-,21+/m1/s1. The number of rotatable bonds is 6. The van der Waals surface area contributed by atoms with Crippen molar-refractivity contribution < 1.29 is 27.5 Å². The summed E-state index contributed by atoms with van der Waals surface area (Å²) in [4.78, 5) is 30.5. The van der Waals surface area contributed by atoms with Gasteiger partial charge in [0.05, 0.1) is 17.5 Å². The summed E-state index contributed by atoms with van der Waals surface area (Å²) in [5, 5.41) is 2.80. The molecular formula is C25H29N3O6S2. The van der Waals surface area contributed by atoms with Gasteiger partial charge in [0.15, 0.2) is 15.0 Å². The maximum absolute atomic E-state index is 12.6. The number of hydrogen-bond donors (Lipinski definition) is 1. The molecule has 2 saturated heterocycles. The van der Waals surface area contributed by atoms with E-state index in [2.05, 4.69) is 10.3 Å². The Balaban J connectivity index is 1.47. The first-order chi connectivity index (χ1) is 17.0. The minimum Gasteiger partial charge on any atom is -0.457 e. The van der Waals surface area contributed by atoms with E-state index < -0.39 is 27.4 Å². The quantitative estimate of drug-likeness (QED) is 0.595. The fraction of sp³-hybridized carbons (Fsp3) is 0.400. The second kappa shape index (κ2) is 10.5. The third-order valence-corrected chi connectivity index (χ3v) is 8.60. The number of hydrogen-bond acceptors (Lipinski definition) is 7. The van der Waals surface area contributed by atoms with Crippen LogP contribution in [0.5, 0.6) is 11.5 Å². The molecule has 2 aromatic carbocycles. The molecule has 1 N–H and O–H groups in total. The normalized spacial score (nSPS) is 21.8. The smallest absolute Gasteiger partial charge is 0.407 e. The third-order valence-electron chi connectivity index (χ3n) is 5.39. The van der Waals surface area contributed by atoms with Gasteiger partial charge in [0.1, 0.15) is 17.1 Å². The van der Waals surface area contributed by atoms with E-state index in [1.807, 2.05) is 47.4 Å². The summed E-state index contributed by atoms with van der Waals surface area (Å²) >= 11 is 1.30. The van der Waals surface area contributed by atoms with E-state index in [0.29, 0.717) is 16.7 Å². The fourth-order valence-electron chi connectivity index (χ4n) is 3.91. The van der Waals surface area contributed by atoms with Gasteiger partial charge in [-0.2, -0.15) is 4.99 Å². The second-order valence-electron chi connectivity index (χ2n) is 9.55. The van der Waals surface area contributed by atoms with Gasteiger partial charge in [-0.15, -0.1) is 0 Å². The molecule has 0 bridgehead atoms. The van der Waals surface area contributed by atoms with E-state index in [0.717, 1.165) is 5.69 Å². The van der Waals surface area contributed by atoms with Crippen molar-refractivity contribution in [1.82, 2.24) is 5.32 Å². The number of para-hydroxylation sites is 1. The summed E-state index contributed by atoms with van der Waals surface area (Å²) in [6.45, 7) is 5.36. The number of fused-ring (bicyclic) bond motifs is 1. The Labute approximate surface area is 215 Å². The van der Waals surface area contributed by atoms with Gasteiger partial charge in [-0.3, -0.25) is 4.79 Å². The number of sulfone groups is 1. The van der Waals surface area contributed by atoms with Crippen LogP contribution in [0, 0.1) is 0 Å². The number of thioether (sulfide) groups is 1. The van der Waals surface area contributed by atoms with Crippen LogP contribution in [0.3, 0.4) is 0 Å². The topological polar surface area (TPSA) is 114 Å². The van der Waals surface area contributed by atoms with E-state index in [1.54, 1.807) is 32.9 Å². The van der Waals surface area contributed by atoms with Crippen LogP contribution in [-0.4, -0.2) is 60.5 Å². The number of anilines is 1. The molecule has 192 valence electrons. The van der Waals surface area contributed by atoms with Crippen molar-refractivity contribution in [1.29, 1.82) is 0 Å². The highest BCUT2D eigenvalue weighted by Gasteiger charge is 2.49. The van der Waals surface area contributed by atoms with Crippen LogP contribution in [0.2, 0.25) is 0 Å². The first-order valence-electron chi connectivity index (χ1n) is 11.6. The monoisotopic (exact) mass is 531 g/mol. The number of aliphatic imine (C=N–C) groups is 1. The second-order valence-corrected chi connectivity index (χ2v) is 12.9. The first-order valence-corrected chi connectivity index (χ1v) is 14.3. The highest BCUT2D eigenvalue weighted by atomic mass is 32.2. The van der Waals surface area contributed by atoms with Gasteiger partial charge < -0.3 is 19.7 Å². The molecule has 0 saturated carbocycles. The number of carbonyl (C=O) groups is 2. The van der Waals surface area contributed by atoms with Gasteiger partial charge in [0.2, 0.25) is 5.91 Å². The molecule has 2 aromatic rings. The molecule has 11 heteroatoms. The van der Waals surface area contributed by atoms with E-state index in [9.17, 15) is 18.0 Å². The minimum atomic E-state index is -3.17. The van der Waals surface area contributed by atoms with Crippen LogP contribution in [0.1, 0.15) is 27.2 Å². The van der Waals surface area contributed by atoms with Crippen molar-refractivity contribution in [2.45, 2.75) is 44.1 Å². The number of ether oxygens (including phenoxy) is 2. The molecule has 9 nitrogen and oxygen atoms in total. The lowest BCUT2D eigenvalue weighted by Gasteiger charge is -2.24. The van der Waals surface area contributed by atoms with Gasteiger partial charge in [-0.05, 0) is 57.2 Å². The van der Waals surface area contributed by atoms with E-state index in [1.165, 1.54) is 11.8 Å². The van der Waals surface area contributed by atoms with Crippen molar-refractivity contribution in [3.05, 3.63) is 54.6 Å². The van der Waals surface area contributed by atoms with Gasteiger partial charge in [0.25, 0.3) is 0 Å². The van der Waals surface area contributed by atoms with Crippen LogP contribution in [0.25, 0.3) is 0 Å². The summed E-state index contributed by atoms with van der Waals surface area (Å²) in [7, 11) is -3.17. The highest BCUT2D eigenvalue weighted by Crippen LogP contribution is 2.41. The summed E-state index contributed by atoms with van der Waals surface area (Å²) < 4.78 is 35.6. The Morgan fingerprint density at radius 1 is 1.06 bits per heavy atom. The fourth-order valence-corrected chi connectivity index (χ4v) is 7.85. The van der Waals surface area contributed by atoms with Crippen molar-refractivity contribution in [3.8, 4) is 11.5 Å². The summed E-state index contributed by atoms with van der Waals surface area (Å²) in [6, 6.07) is 16.3. The van der Waals surface area contributed by atoms with E-state index in [4.69, 9.17) is 9.47 Å². The van der Waals surface area contributed by atoms with Crippen LogP contribution in [0.15, 0.2) is 59.6 Å². The van der Waals surface area contributed by atoms with Crippen LogP contribution < -0.4 is 15.0 Å². The molecule has 2 atom stereocenters. The van der Waals surface area contributed by atoms with E-state index in [-0.39, 0.29) is 35.8 Å². The Morgan fingerprint density at radius 3 is 2.39 bits per heavy atom. The Hall–Kier alpha value is -3.05. The number of carbonyl (C=O) groups excluding carboxylic acids is 2. The van der Waals surface area contributed by atoms with Crippen LogP contribution in [0.4, 0.5) is 10.5 Å². The van der Waals surface area contributed by atoms with Crippen molar-refractivity contribution in [2.24, 2.45) is 4.99 Å². The molecule has 2 amide bonds. The number of nitrogens with zero attached hydrogens (tertiary/aromatic N) is 2. The van der Waals surface area contributed by atoms with Gasteiger partial charge in [-0.1, -0.05) is 30.0 Å². The molecular weight excluding hydrogens is 502 g/mol. The number of amides is 2. The number of amidine groups is 1. The molecule has 4 rings (SSSR count). The van der Waals surface area contributed by atoms with Crippen molar-refractivity contribution >= 4 is 44.5 Å². The Morgan fingerprint density at radius 2 is 1.72 bits per heavy atom. The molecule has 0 radical (unpaired) electrons. The zero-order valence-corrected chi connectivity index (χ0v) is 22.0. The Bertz CT molecular complexity index is 1240. The largest absolute Gasteiger partial charge is 0.457 e. The van der Waals surface area contributed by atoms with Crippen molar-refractivity contribution in [3.63, 3.8) is 0 Å². The molecule has 2 aliphatic heterocycles. The summed E-state index contributed by atoms with van der Waals surface area (Å²) in [5.41, 5.74) is 0.0979. The molecule has 0 unspecified atom stereocenters. The predicted octanol–water partition coefficient (Wildman–Crippen LogP) is 4.00. The summed E-state index contributed by atoms with van der Waals surface area (Å²) in [6.07, 6.45) is -0.605. The maximum Gasteiger partial charge on any atom is 0.407 e. The molecule has 36 heavy (non-hydrogen) atoms. The lowest BCUT2D eigenvalue weighted by atomic mass is 10.2. The average molecular weight is 532 g/mol. The van der Waals surface area contributed by atoms with Crippen molar-refractivity contribution in [2.75, 3.05) is 23.0 Å². The Kier molecular flexibility index (Phi) is 7.60. The van der Waals surface area contributed by atoms with Gasteiger partial charge in [0, 0.05) is 23.9 Å². The van der Waals surface area contributed by atoms with Gasteiger partial charge in [-0.25, -0.2) is 13.2 Å². The third kappa shape index (κ3) is 6.79. The molecule has 2 fully saturated rings. The molecule has 0 aliphatic carbocycles. The number of alkyl carbamates (subject to hydrolysis) is 1. The number of benzene rings is 2. The van der Waals surface area contributed by atoms with E-state index >= 15 is 0 Å².